The van der Waals surface area contributed by atoms with Crippen LogP contribution in [-0.4, -0.2) is 31.3 Å². The lowest BCUT2D eigenvalue weighted by molar-refractivity contribution is 0.411. The molecule has 134 valence electrons. The van der Waals surface area contributed by atoms with Gasteiger partial charge in [0.25, 0.3) is 0 Å². The Morgan fingerprint density at radius 2 is 1.92 bits per heavy atom. The van der Waals surface area contributed by atoms with Gasteiger partial charge >= 0.3 is 0 Å². The first-order valence-electron chi connectivity index (χ1n) is 8.65. The van der Waals surface area contributed by atoms with Gasteiger partial charge in [-0.1, -0.05) is 30.3 Å². The van der Waals surface area contributed by atoms with Crippen LogP contribution in [0.15, 0.2) is 53.5 Å². The Balaban J connectivity index is 1.87. The van der Waals surface area contributed by atoms with Gasteiger partial charge in [-0.3, -0.25) is 0 Å². The predicted molar refractivity (Wildman–Crippen MR) is 102 cm³/mol. The fourth-order valence-electron chi connectivity index (χ4n) is 2.47. The smallest absolute Gasteiger partial charge is 0.191 e. The fourth-order valence-corrected chi connectivity index (χ4v) is 2.47. The Bertz CT molecular complexity index is 672. The van der Waals surface area contributed by atoms with Gasteiger partial charge in [0.2, 0.25) is 0 Å². The Morgan fingerprint density at radius 3 is 2.64 bits per heavy atom. The normalized spacial score (nSPS) is 11.2. The zero-order chi connectivity index (χ0) is 17.9. The van der Waals surface area contributed by atoms with E-state index in [1.165, 1.54) is 5.56 Å². The first kappa shape index (κ1) is 18.6. The van der Waals surface area contributed by atoms with Gasteiger partial charge < -0.3 is 20.5 Å². The van der Waals surface area contributed by atoms with Gasteiger partial charge in [-0.05, 0) is 43.5 Å². The molecule has 0 fully saturated rings. The van der Waals surface area contributed by atoms with Gasteiger partial charge in [0, 0.05) is 18.7 Å². The summed E-state index contributed by atoms with van der Waals surface area (Å²) in [5.41, 5.74) is 2.08. The molecule has 0 spiro atoms. The summed E-state index contributed by atoms with van der Waals surface area (Å²) in [5.74, 6) is 1.69. The molecule has 2 aromatic rings. The molecular formula is C20H27N3O2. The molecule has 0 radical (unpaired) electrons. The lowest BCUT2D eigenvalue weighted by atomic mass is 10.1. The van der Waals surface area contributed by atoms with Crippen LogP contribution in [0.2, 0.25) is 0 Å². The Labute approximate surface area is 149 Å². The molecule has 0 bridgehead atoms. The van der Waals surface area contributed by atoms with Crippen molar-refractivity contribution in [1.29, 1.82) is 0 Å². The number of hydrogen-bond acceptors (Lipinski definition) is 3. The van der Waals surface area contributed by atoms with Crippen LogP contribution in [0.5, 0.6) is 11.5 Å². The summed E-state index contributed by atoms with van der Waals surface area (Å²) in [4.78, 5) is 4.54. The predicted octanol–water partition coefficient (Wildman–Crippen LogP) is 3.09. The summed E-state index contributed by atoms with van der Waals surface area (Å²) in [7, 11) is 1.61. The zero-order valence-electron chi connectivity index (χ0n) is 15.0. The number of rotatable bonds is 8. The maximum atomic E-state index is 9.95. The number of aliphatic imine (C=N–C) groups is 1. The highest BCUT2D eigenvalue weighted by Crippen LogP contribution is 2.23. The van der Waals surface area contributed by atoms with Crippen molar-refractivity contribution in [2.24, 2.45) is 4.99 Å². The maximum absolute atomic E-state index is 9.95. The van der Waals surface area contributed by atoms with E-state index in [0.717, 1.165) is 37.5 Å². The Hall–Kier alpha value is -2.69. The summed E-state index contributed by atoms with van der Waals surface area (Å²) < 4.78 is 5.19. The van der Waals surface area contributed by atoms with Crippen LogP contribution in [0.3, 0.4) is 0 Å². The topological polar surface area (TPSA) is 65.9 Å². The molecule has 3 N–H and O–H groups in total. The van der Waals surface area contributed by atoms with Gasteiger partial charge in [-0.15, -0.1) is 0 Å². The summed E-state index contributed by atoms with van der Waals surface area (Å²) in [5, 5.41) is 16.5. The number of nitrogens with zero attached hydrogens (tertiary/aromatic N) is 1. The molecule has 5 heteroatoms. The monoisotopic (exact) mass is 341 g/mol. The van der Waals surface area contributed by atoms with Crippen molar-refractivity contribution >= 4 is 5.96 Å². The van der Waals surface area contributed by atoms with Crippen LogP contribution < -0.4 is 15.4 Å². The minimum Gasteiger partial charge on any atom is -0.508 e. The van der Waals surface area contributed by atoms with Crippen LogP contribution in [0.4, 0.5) is 0 Å². The Kier molecular flexibility index (Phi) is 7.63. The third-order valence-electron chi connectivity index (χ3n) is 3.82. The summed E-state index contributed by atoms with van der Waals surface area (Å²) in [6.07, 6.45) is 2.06. The number of phenols is 1. The first-order chi connectivity index (χ1) is 12.2. The van der Waals surface area contributed by atoms with Gasteiger partial charge in [-0.25, -0.2) is 4.99 Å². The molecule has 0 heterocycles. The number of guanidine groups is 1. The van der Waals surface area contributed by atoms with Gasteiger partial charge in [0.05, 0.1) is 13.7 Å². The number of aromatic hydroxyl groups is 1. The average Bonchev–Trinajstić information content (AvgIpc) is 2.65. The molecule has 0 unspecified atom stereocenters. The van der Waals surface area contributed by atoms with Crippen LogP contribution in [-0.2, 0) is 13.0 Å². The van der Waals surface area contributed by atoms with Crippen molar-refractivity contribution in [3.05, 3.63) is 59.7 Å². The van der Waals surface area contributed by atoms with Crippen LogP contribution in [0.1, 0.15) is 24.5 Å². The molecule has 0 amide bonds. The van der Waals surface area contributed by atoms with E-state index in [-0.39, 0.29) is 5.75 Å². The highest BCUT2D eigenvalue weighted by Gasteiger charge is 2.04. The highest BCUT2D eigenvalue weighted by molar-refractivity contribution is 5.79. The third kappa shape index (κ3) is 6.37. The van der Waals surface area contributed by atoms with Crippen molar-refractivity contribution in [1.82, 2.24) is 10.6 Å². The molecular weight excluding hydrogens is 314 g/mol. The van der Waals surface area contributed by atoms with E-state index in [2.05, 4.69) is 39.9 Å². The second kappa shape index (κ2) is 10.2. The van der Waals surface area contributed by atoms with Crippen molar-refractivity contribution in [2.75, 3.05) is 20.2 Å². The maximum Gasteiger partial charge on any atom is 0.191 e. The van der Waals surface area contributed by atoms with Gasteiger partial charge in [0.15, 0.2) is 5.96 Å². The van der Waals surface area contributed by atoms with Crippen molar-refractivity contribution in [3.8, 4) is 11.5 Å². The molecule has 0 aliphatic heterocycles. The molecule has 0 aliphatic carbocycles. The number of aryl methyl sites for hydroxylation is 1. The first-order valence-corrected chi connectivity index (χ1v) is 8.65. The second-order valence-electron chi connectivity index (χ2n) is 5.71. The molecule has 0 saturated carbocycles. The van der Waals surface area contributed by atoms with Crippen LogP contribution in [0, 0.1) is 0 Å². The highest BCUT2D eigenvalue weighted by atomic mass is 16.5. The number of nitrogens with one attached hydrogen (secondary N) is 2. The molecule has 0 aromatic heterocycles. The van der Waals surface area contributed by atoms with E-state index in [1.54, 1.807) is 25.3 Å². The fraction of sp³-hybridized carbons (Fsp3) is 0.350. The van der Waals surface area contributed by atoms with Crippen molar-refractivity contribution < 1.29 is 9.84 Å². The molecule has 2 aromatic carbocycles. The lowest BCUT2D eigenvalue weighted by Crippen LogP contribution is -2.37. The van der Waals surface area contributed by atoms with Crippen LogP contribution in [0.25, 0.3) is 0 Å². The molecule has 25 heavy (non-hydrogen) atoms. The third-order valence-corrected chi connectivity index (χ3v) is 3.82. The number of benzene rings is 2. The summed E-state index contributed by atoms with van der Waals surface area (Å²) in [6.45, 7) is 4.04. The molecule has 0 aliphatic rings. The molecule has 0 atom stereocenters. The van der Waals surface area contributed by atoms with Gasteiger partial charge in [-0.2, -0.15) is 0 Å². The number of phenolic OH excluding ortho intramolecular Hbond substituents is 1. The zero-order valence-corrected chi connectivity index (χ0v) is 15.0. The van der Waals surface area contributed by atoms with Gasteiger partial charge in [0.1, 0.15) is 11.5 Å². The standard InChI is InChI=1S/C20H27N3O2/c1-3-21-20(22-13-7-10-16-8-5-4-6-9-16)23-15-17-14-18(25-2)11-12-19(17)24/h4-6,8-9,11-12,14,24H,3,7,10,13,15H2,1-2H3,(H2,21,22,23). The van der Waals surface area contributed by atoms with E-state index in [0.29, 0.717) is 12.3 Å². The van der Waals surface area contributed by atoms with E-state index >= 15 is 0 Å². The minimum atomic E-state index is 0.226. The van der Waals surface area contributed by atoms with E-state index in [9.17, 15) is 5.11 Å². The number of ether oxygens (including phenoxy) is 1. The van der Waals surface area contributed by atoms with E-state index in [1.807, 2.05) is 13.0 Å². The molecule has 5 nitrogen and oxygen atoms in total. The quantitative estimate of drug-likeness (QED) is 0.392. The summed E-state index contributed by atoms with van der Waals surface area (Å²) >= 11 is 0. The van der Waals surface area contributed by atoms with Crippen molar-refractivity contribution in [2.45, 2.75) is 26.3 Å². The molecule has 0 saturated heterocycles. The van der Waals surface area contributed by atoms with Crippen LogP contribution >= 0.6 is 0 Å². The van der Waals surface area contributed by atoms with Crippen molar-refractivity contribution in [3.63, 3.8) is 0 Å². The van der Waals surface area contributed by atoms with E-state index < -0.39 is 0 Å². The summed E-state index contributed by atoms with van der Waals surface area (Å²) in [6, 6.07) is 15.6. The number of methoxy groups -OCH3 is 1. The lowest BCUT2D eigenvalue weighted by Gasteiger charge is -2.12. The number of hydrogen-bond donors (Lipinski definition) is 3. The Morgan fingerprint density at radius 1 is 1.12 bits per heavy atom. The average molecular weight is 341 g/mol. The SMILES string of the molecule is CCNC(=NCc1cc(OC)ccc1O)NCCCc1ccccc1. The second-order valence-corrected chi connectivity index (χ2v) is 5.71. The largest absolute Gasteiger partial charge is 0.508 e. The van der Waals surface area contributed by atoms with E-state index in [4.69, 9.17) is 4.74 Å². The molecule has 2 rings (SSSR count). The minimum absolute atomic E-state index is 0.226.